The van der Waals surface area contributed by atoms with Crippen LogP contribution in [0, 0.1) is 5.92 Å². The van der Waals surface area contributed by atoms with E-state index in [2.05, 4.69) is 6.92 Å². The van der Waals surface area contributed by atoms with Crippen molar-refractivity contribution in [3.05, 3.63) is 71.3 Å². The van der Waals surface area contributed by atoms with E-state index in [1.54, 1.807) is 53.4 Å². The minimum atomic E-state index is -0.563. The molecule has 1 fully saturated rings. The predicted molar refractivity (Wildman–Crippen MR) is 102 cm³/mol. The lowest BCUT2D eigenvalue weighted by Crippen LogP contribution is -2.41. The summed E-state index contributed by atoms with van der Waals surface area (Å²) in [5, 5.41) is 0. The molecule has 5 heteroatoms. The lowest BCUT2D eigenvalue weighted by molar-refractivity contribution is -0.136. The van der Waals surface area contributed by atoms with Crippen molar-refractivity contribution in [2.75, 3.05) is 19.7 Å². The number of likely N-dealkylation sites (tertiary alicyclic amines) is 1. The fourth-order valence-electron chi connectivity index (χ4n) is 3.23. The summed E-state index contributed by atoms with van der Waals surface area (Å²) in [7, 11) is 0. The molecule has 1 saturated heterocycles. The van der Waals surface area contributed by atoms with Crippen molar-refractivity contribution in [2.24, 2.45) is 5.92 Å². The first-order valence-electron chi connectivity index (χ1n) is 9.19. The van der Waals surface area contributed by atoms with Gasteiger partial charge >= 0.3 is 5.97 Å². The lowest BCUT2D eigenvalue weighted by atomic mass is 10.0. The molecule has 0 aliphatic carbocycles. The Hall–Kier alpha value is -2.95. The molecule has 1 aliphatic rings. The first kappa shape index (κ1) is 18.8. The van der Waals surface area contributed by atoms with Crippen LogP contribution in [0.3, 0.4) is 0 Å². The fourth-order valence-corrected chi connectivity index (χ4v) is 3.23. The number of ether oxygens (including phenoxy) is 1. The zero-order valence-electron chi connectivity index (χ0n) is 15.4. The zero-order valence-corrected chi connectivity index (χ0v) is 15.4. The quantitative estimate of drug-likeness (QED) is 0.602. The molecule has 2 aromatic carbocycles. The number of benzene rings is 2. The minimum absolute atomic E-state index is 0.107. The average Bonchev–Trinajstić information content (AvgIpc) is 2.72. The largest absolute Gasteiger partial charge is 0.452 e. The number of rotatable bonds is 5. The second-order valence-electron chi connectivity index (χ2n) is 6.94. The topological polar surface area (TPSA) is 63.7 Å². The van der Waals surface area contributed by atoms with Crippen LogP contribution in [0.2, 0.25) is 0 Å². The Morgan fingerprint density at radius 1 is 0.963 bits per heavy atom. The molecule has 1 aliphatic heterocycles. The van der Waals surface area contributed by atoms with Crippen LogP contribution in [0.5, 0.6) is 0 Å². The number of ketones is 1. The van der Waals surface area contributed by atoms with Gasteiger partial charge in [-0.3, -0.25) is 9.59 Å². The monoisotopic (exact) mass is 365 g/mol. The van der Waals surface area contributed by atoms with Gasteiger partial charge in [-0.15, -0.1) is 0 Å². The average molecular weight is 365 g/mol. The van der Waals surface area contributed by atoms with Crippen molar-refractivity contribution in [1.29, 1.82) is 0 Å². The zero-order chi connectivity index (χ0) is 19.2. The molecule has 1 unspecified atom stereocenters. The highest BCUT2D eigenvalue weighted by Crippen LogP contribution is 2.16. The van der Waals surface area contributed by atoms with Crippen LogP contribution in [0.1, 0.15) is 46.0 Å². The molecule has 0 N–H and O–H groups in total. The molecule has 0 aromatic heterocycles. The molecule has 0 spiro atoms. The Morgan fingerprint density at radius 3 is 2.26 bits per heavy atom. The van der Waals surface area contributed by atoms with Crippen molar-refractivity contribution in [3.63, 3.8) is 0 Å². The Balaban J connectivity index is 1.56. The van der Waals surface area contributed by atoms with Gasteiger partial charge < -0.3 is 9.64 Å². The number of amides is 1. The fraction of sp³-hybridized carbons (Fsp3) is 0.318. The third-order valence-corrected chi connectivity index (χ3v) is 4.76. The maximum Gasteiger partial charge on any atom is 0.338 e. The molecule has 27 heavy (non-hydrogen) atoms. The molecule has 0 bridgehead atoms. The summed E-state index contributed by atoms with van der Waals surface area (Å²) in [5.74, 6) is -0.351. The van der Waals surface area contributed by atoms with Crippen molar-refractivity contribution in [3.8, 4) is 0 Å². The van der Waals surface area contributed by atoms with Gasteiger partial charge in [-0.1, -0.05) is 49.4 Å². The van der Waals surface area contributed by atoms with Crippen molar-refractivity contribution in [2.45, 2.75) is 19.8 Å². The number of piperidine rings is 1. The van der Waals surface area contributed by atoms with Crippen LogP contribution in [-0.4, -0.2) is 42.3 Å². The van der Waals surface area contributed by atoms with Gasteiger partial charge in [-0.25, -0.2) is 4.79 Å². The van der Waals surface area contributed by atoms with Crippen LogP contribution in [0.4, 0.5) is 0 Å². The number of esters is 1. The van der Waals surface area contributed by atoms with E-state index in [0.29, 0.717) is 29.2 Å². The van der Waals surface area contributed by atoms with Gasteiger partial charge in [0, 0.05) is 24.2 Å². The normalized spacial score (nSPS) is 16.6. The van der Waals surface area contributed by atoms with Crippen LogP contribution < -0.4 is 0 Å². The summed E-state index contributed by atoms with van der Waals surface area (Å²) in [6.07, 6.45) is 2.11. The van der Waals surface area contributed by atoms with E-state index in [1.807, 2.05) is 6.07 Å². The maximum absolute atomic E-state index is 12.4. The van der Waals surface area contributed by atoms with E-state index in [0.717, 1.165) is 19.4 Å². The number of nitrogens with zero attached hydrogens (tertiary/aromatic N) is 1. The SMILES string of the molecule is CC1CCCN(C(=O)COC(=O)c2ccc(C(=O)c3ccccc3)cc2)C1. The Bertz CT molecular complexity index is 814. The summed E-state index contributed by atoms with van der Waals surface area (Å²) >= 11 is 0. The van der Waals surface area contributed by atoms with E-state index in [-0.39, 0.29) is 18.3 Å². The Labute approximate surface area is 158 Å². The van der Waals surface area contributed by atoms with Crippen LogP contribution in [-0.2, 0) is 9.53 Å². The molecule has 1 amide bonds. The van der Waals surface area contributed by atoms with Gasteiger partial charge in [0.2, 0.25) is 0 Å². The lowest BCUT2D eigenvalue weighted by Gasteiger charge is -2.30. The van der Waals surface area contributed by atoms with Gasteiger partial charge in [-0.05, 0) is 30.9 Å². The van der Waals surface area contributed by atoms with E-state index in [4.69, 9.17) is 4.74 Å². The van der Waals surface area contributed by atoms with Crippen LogP contribution >= 0.6 is 0 Å². The third kappa shape index (κ3) is 4.82. The Morgan fingerprint density at radius 2 is 1.59 bits per heavy atom. The molecule has 1 atom stereocenters. The van der Waals surface area contributed by atoms with E-state index < -0.39 is 5.97 Å². The van der Waals surface area contributed by atoms with Crippen LogP contribution in [0.25, 0.3) is 0 Å². The van der Waals surface area contributed by atoms with E-state index >= 15 is 0 Å². The van der Waals surface area contributed by atoms with Crippen LogP contribution in [0.15, 0.2) is 54.6 Å². The van der Waals surface area contributed by atoms with E-state index in [1.165, 1.54) is 0 Å². The highest BCUT2D eigenvalue weighted by atomic mass is 16.5. The molecule has 140 valence electrons. The van der Waals surface area contributed by atoms with Crippen molar-refractivity contribution < 1.29 is 19.1 Å². The number of hydrogen-bond acceptors (Lipinski definition) is 4. The van der Waals surface area contributed by atoms with Gasteiger partial charge in [0.1, 0.15) is 0 Å². The van der Waals surface area contributed by atoms with E-state index in [9.17, 15) is 14.4 Å². The summed E-state index contributed by atoms with van der Waals surface area (Å²) in [4.78, 5) is 38.5. The number of hydrogen-bond donors (Lipinski definition) is 0. The minimum Gasteiger partial charge on any atom is -0.452 e. The second kappa shape index (κ2) is 8.62. The maximum atomic E-state index is 12.4. The molecule has 0 saturated carbocycles. The molecular formula is C22H23NO4. The Kier molecular flexibility index (Phi) is 6.01. The molecule has 2 aromatic rings. The van der Waals surface area contributed by atoms with Gasteiger partial charge in [0.15, 0.2) is 12.4 Å². The summed E-state index contributed by atoms with van der Waals surface area (Å²) in [6.45, 7) is 3.30. The highest BCUT2D eigenvalue weighted by molar-refractivity contribution is 6.09. The van der Waals surface area contributed by atoms with Gasteiger partial charge in [0.05, 0.1) is 5.56 Å². The first-order chi connectivity index (χ1) is 13.0. The molecule has 1 heterocycles. The smallest absolute Gasteiger partial charge is 0.338 e. The summed E-state index contributed by atoms with van der Waals surface area (Å²) in [5.41, 5.74) is 1.41. The third-order valence-electron chi connectivity index (χ3n) is 4.76. The summed E-state index contributed by atoms with van der Waals surface area (Å²) < 4.78 is 5.15. The van der Waals surface area contributed by atoms with Crippen molar-refractivity contribution >= 4 is 17.7 Å². The molecule has 3 rings (SSSR count). The number of carbonyl (C=O) groups is 3. The first-order valence-corrected chi connectivity index (χ1v) is 9.19. The summed E-state index contributed by atoms with van der Waals surface area (Å²) in [6, 6.07) is 15.2. The molecule has 5 nitrogen and oxygen atoms in total. The van der Waals surface area contributed by atoms with Gasteiger partial charge in [-0.2, -0.15) is 0 Å². The second-order valence-corrected chi connectivity index (χ2v) is 6.94. The number of carbonyl (C=O) groups excluding carboxylic acids is 3. The molecular weight excluding hydrogens is 342 g/mol. The van der Waals surface area contributed by atoms with Crippen molar-refractivity contribution in [1.82, 2.24) is 4.90 Å². The predicted octanol–water partition coefficient (Wildman–Crippen LogP) is 3.33. The van der Waals surface area contributed by atoms with Gasteiger partial charge in [0.25, 0.3) is 5.91 Å². The molecule has 0 radical (unpaired) electrons. The highest BCUT2D eigenvalue weighted by Gasteiger charge is 2.22. The standard InChI is InChI=1S/C22H23NO4/c1-16-6-5-13-23(14-16)20(24)15-27-22(26)19-11-9-18(10-12-19)21(25)17-7-3-2-4-8-17/h2-4,7-12,16H,5-6,13-15H2,1H3.